The Morgan fingerprint density at radius 3 is 2.52 bits per heavy atom. The van der Waals surface area contributed by atoms with Gasteiger partial charge in [-0.3, -0.25) is 14.6 Å². The Morgan fingerprint density at radius 2 is 1.85 bits per heavy atom. The Hall–Kier alpha value is -1.51. The maximum atomic E-state index is 13.6. The average Bonchev–Trinajstić information content (AvgIpc) is 3.19. The van der Waals surface area contributed by atoms with Crippen LogP contribution in [0.4, 0.5) is 5.13 Å². The number of fused-ring (bicyclic) bond motifs is 1. The molecule has 0 bridgehead atoms. The van der Waals surface area contributed by atoms with E-state index in [4.69, 9.17) is 9.72 Å². The van der Waals surface area contributed by atoms with E-state index >= 15 is 0 Å². The van der Waals surface area contributed by atoms with E-state index in [1.807, 2.05) is 29.2 Å². The maximum absolute atomic E-state index is 13.6. The summed E-state index contributed by atoms with van der Waals surface area (Å²) in [6.07, 6.45) is 0.894. The van der Waals surface area contributed by atoms with E-state index in [1.165, 1.54) is 5.56 Å². The number of rotatable bonds is 6. The number of thiazole rings is 1. The predicted octanol–water partition coefficient (Wildman–Crippen LogP) is 6.15. The summed E-state index contributed by atoms with van der Waals surface area (Å²) in [6, 6.07) is 14.1. The van der Waals surface area contributed by atoms with Crippen molar-refractivity contribution in [3.8, 4) is 0 Å². The molecule has 0 saturated carbocycles. The minimum absolute atomic E-state index is 0. The Kier molecular flexibility index (Phi) is 8.92. The number of morpholine rings is 1. The van der Waals surface area contributed by atoms with Crippen molar-refractivity contribution < 1.29 is 9.53 Å². The summed E-state index contributed by atoms with van der Waals surface area (Å²) in [7, 11) is 0. The second-order valence-electron chi connectivity index (χ2n) is 9.20. The highest BCUT2D eigenvalue weighted by molar-refractivity contribution is 9.10. The normalized spacial score (nSPS) is 14.8. The minimum Gasteiger partial charge on any atom is -0.379 e. The molecule has 1 amide bonds. The summed E-state index contributed by atoms with van der Waals surface area (Å²) < 4.78 is 7.54. The maximum Gasteiger partial charge on any atom is 0.260 e. The molecule has 0 spiro atoms. The first-order chi connectivity index (χ1) is 15.3. The van der Waals surface area contributed by atoms with E-state index in [9.17, 15) is 4.79 Å². The average molecular weight is 553 g/mol. The number of benzene rings is 2. The van der Waals surface area contributed by atoms with Gasteiger partial charge in [0.2, 0.25) is 0 Å². The lowest BCUT2D eigenvalue weighted by Crippen LogP contribution is -2.39. The van der Waals surface area contributed by atoms with Gasteiger partial charge in [0, 0.05) is 36.2 Å². The molecule has 1 aliphatic heterocycles. The molecule has 33 heavy (non-hydrogen) atoms. The van der Waals surface area contributed by atoms with Crippen LogP contribution in [0.5, 0.6) is 0 Å². The molecule has 0 aliphatic carbocycles. The summed E-state index contributed by atoms with van der Waals surface area (Å²) in [5.41, 5.74) is 2.89. The molecule has 0 unspecified atom stereocenters. The third-order valence-electron chi connectivity index (χ3n) is 5.77. The molecule has 1 fully saturated rings. The first-order valence-corrected chi connectivity index (χ1v) is 12.7. The van der Waals surface area contributed by atoms with Crippen LogP contribution >= 0.6 is 39.7 Å². The second kappa shape index (κ2) is 11.3. The van der Waals surface area contributed by atoms with Gasteiger partial charge in [0.05, 0.1) is 23.4 Å². The first-order valence-electron chi connectivity index (χ1n) is 11.1. The third kappa shape index (κ3) is 6.55. The molecule has 2 heterocycles. The number of carbonyl (C=O) groups excluding carboxylic acids is 1. The summed E-state index contributed by atoms with van der Waals surface area (Å²) >= 11 is 5.10. The Bertz CT molecular complexity index is 1080. The molecule has 4 rings (SSSR count). The number of anilines is 1. The number of halogens is 2. The molecule has 5 nitrogen and oxygen atoms in total. The third-order valence-corrected chi connectivity index (χ3v) is 7.31. The fraction of sp³-hybridized carbons (Fsp3) is 0.440. The highest BCUT2D eigenvalue weighted by Gasteiger charge is 2.23. The van der Waals surface area contributed by atoms with E-state index in [2.05, 4.69) is 59.8 Å². The van der Waals surface area contributed by atoms with Gasteiger partial charge in [0.25, 0.3) is 5.91 Å². The van der Waals surface area contributed by atoms with Crippen molar-refractivity contribution in [2.75, 3.05) is 44.3 Å². The van der Waals surface area contributed by atoms with Gasteiger partial charge in [-0.2, -0.15) is 0 Å². The molecule has 3 aromatic rings. The lowest BCUT2D eigenvalue weighted by Gasteiger charge is -2.28. The lowest BCUT2D eigenvalue weighted by atomic mass is 9.86. The smallest absolute Gasteiger partial charge is 0.260 e. The minimum atomic E-state index is 0. The fourth-order valence-corrected chi connectivity index (χ4v) is 5.37. The molecule has 8 heteroatoms. The van der Waals surface area contributed by atoms with Gasteiger partial charge in [-0.25, -0.2) is 4.98 Å². The topological polar surface area (TPSA) is 45.7 Å². The van der Waals surface area contributed by atoms with Gasteiger partial charge in [-0.15, -0.1) is 12.4 Å². The van der Waals surface area contributed by atoms with Gasteiger partial charge < -0.3 is 4.74 Å². The van der Waals surface area contributed by atoms with Gasteiger partial charge in [0.1, 0.15) is 0 Å². The molecule has 1 saturated heterocycles. The number of hydrogen-bond acceptors (Lipinski definition) is 5. The number of amides is 1. The van der Waals surface area contributed by atoms with E-state index in [0.717, 1.165) is 59.1 Å². The fourth-order valence-electron chi connectivity index (χ4n) is 3.83. The van der Waals surface area contributed by atoms with Crippen LogP contribution in [0.2, 0.25) is 0 Å². The second-order valence-corrected chi connectivity index (χ2v) is 11.1. The van der Waals surface area contributed by atoms with Gasteiger partial charge in [-0.1, -0.05) is 60.2 Å². The monoisotopic (exact) mass is 551 g/mol. The summed E-state index contributed by atoms with van der Waals surface area (Å²) in [5.74, 6) is 0.00515. The largest absolute Gasteiger partial charge is 0.379 e. The number of hydrogen-bond donors (Lipinski definition) is 0. The van der Waals surface area contributed by atoms with Crippen molar-refractivity contribution in [2.45, 2.75) is 32.6 Å². The van der Waals surface area contributed by atoms with Crippen molar-refractivity contribution in [1.29, 1.82) is 0 Å². The molecule has 0 N–H and O–H groups in total. The van der Waals surface area contributed by atoms with Crippen LogP contribution in [0.15, 0.2) is 46.9 Å². The van der Waals surface area contributed by atoms with Crippen molar-refractivity contribution in [2.24, 2.45) is 0 Å². The zero-order valence-electron chi connectivity index (χ0n) is 19.3. The first kappa shape index (κ1) is 26.1. The predicted molar refractivity (Wildman–Crippen MR) is 143 cm³/mol. The van der Waals surface area contributed by atoms with Crippen molar-refractivity contribution in [3.05, 3.63) is 58.1 Å². The lowest BCUT2D eigenvalue weighted by molar-refractivity contribution is 0.0376. The quantitative estimate of drug-likeness (QED) is 0.368. The van der Waals surface area contributed by atoms with Crippen molar-refractivity contribution in [1.82, 2.24) is 9.88 Å². The van der Waals surface area contributed by atoms with Crippen molar-refractivity contribution in [3.63, 3.8) is 0 Å². The Labute approximate surface area is 214 Å². The number of nitrogens with zero attached hydrogens (tertiary/aromatic N) is 3. The van der Waals surface area contributed by atoms with Crippen LogP contribution in [-0.2, 0) is 10.2 Å². The van der Waals surface area contributed by atoms with Gasteiger partial charge in [-0.05, 0) is 47.7 Å². The zero-order valence-corrected chi connectivity index (χ0v) is 22.6. The van der Waals surface area contributed by atoms with E-state index in [-0.39, 0.29) is 23.7 Å². The molecule has 0 atom stereocenters. The standard InChI is InChI=1S/C25H30BrN3O2S.ClH/c1-25(2,3)19-7-5-18(6-8-19)23(30)29(12-4-11-28-13-15-31-16-14-28)24-27-21-10-9-20(26)17-22(21)32-24;/h5-10,17H,4,11-16H2,1-3H3;1H. The number of ether oxygens (including phenoxy) is 1. The molecule has 1 aromatic heterocycles. The number of aromatic nitrogens is 1. The van der Waals surface area contributed by atoms with E-state index in [0.29, 0.717) is 12.1 Å². The molecule has 0 radical (unpaired) electrons. The van der Waals surface area contributed by atoms with E-state index < -0.39 is 0 Å². The Balaban J connectivity index is 0.00000306. The van der Waals surface area contributed by atoms with Crippen LogP contribution in [-0.4, -0.2) is 55.2 Å². The highest BCUT2D eigenvalue weighted by atomic mass is 79.9. The van der Waals surface area contributed by atoms with Crippen LogP contribution < -0.4 is 4.90 Å². The summed E-state index contributed by atoms with van der Waals surface area (Å²) in [6.45, 7) is 11.6. The molecular weight excluding hydrogens is 522 g/mol. The van der Waals surface area contributed by atoms with Crippen molar-refractivity contribution >= 4 is 60.9 Å². The van der Waals surface area contributed by atoms with Crippen LogP contribution in [0.25, 0.3) is 10.2 Å². The molecular formula is C25H31BrClN3O2S. The van der Waals surface area contributed by atoms with Gasteiger partial charge in [0.15, 0.2) is 5.13 Å². The van der Waals surface area contributed by atoms with E-state index in [1.54, 1.807) is 11.3 Å². The number of carbonyl (C=O) groups is 1. The Morgan fingerprint density at radius 1 is 1.15 bits per heavy atom. The van der Waals surface area contributed by atoms with Crippen LogP contribution in [0.3, 0.4) is 0 Å². The summed E-state index contributed by atoms with van der Waals surface area (Å²) in [4.78, 5) is 22.6. The molecule has 2 aromatic carbocycles. The summed E-state index contributed by atoms with van der Waals surface area (Å²) in [5, 5.41) is 0.755. The zero-order chi connectivity index (χ0) is 22.7. The van der Waals surface area contributed by atoms with Gasteiger partial charge >= 0.3 is 0 Å². The van der Waals surface area contributed by atoms with Crippen LogP contribution in [0, 0.1) is 0 Å². The van der Waals surface area contributed by atoms with Crippen LogP contribution in [0.1, 0.15) is 43.1 Å². The SMILES string of the molecule is CC(C)(C)c1ccc(C(=O)N(CCCN2CCOCC2)c2nc3ccc(Br)cc3s2)cc1.Cl. The molecule has 178 valence electrons. The highest BCUT2D eigenvalue weighted by Crippen LogP contribution is 2.32. The molecule has 1 aliphatic rings.